The lowest BCUT2D eigenvalue weighted by atomic mass is 10.1. The number of carbonyl (C=O) groups is 1. The van der Waals surface area contributed by atoms with Crippen molar-refractivity contribution in [2.75, 3.05) is 18.6 Å². The van der Waals surface area contributed by atoms with E-state index in [2.05, 4.69) is 9.97 Å². The van der Waals surface area contributed by atoms with Crippen molar-refractivity contribution in [3.8, 4) is 0 Å². The van der Waals surface area contributed by atoms with Crippen LogP contribution in [0.25, 0.3) is 21.9 Å². The minimum Gasteiger partial charge on any atom is -0.449 e. The fourth-order valence-corrected chi connectivity index (χ4v) is 3.02. The lowest BCUT2D eigenvalue weighted by Gasteiger charge is -2.18. The summed E-state index contributed by atoms with van der Waals surface area (Å²) in [6.45, 7) is 2.20. The van der Waals surface area contributed by atoms with Crippen molar-refractivity contribution in [1.82, 2.24) is 9.97 Å². The first-order chi connectivity index (χ1) is 12.4. The predicted molar refractivity (Wildman–Crippen MR) is 98.2 cm³/mol. The molecule has 0 bridgehead atoms. The van der Waals surface area contributed by atoms with Gasteiger partial charge in [-0.15, -0.1) is 0 Å². The molecule has 0 unspecified atom stereocenters. The molecule has 0 aliphatic rings. The van der Waals surface area contributed by atoms with Crippen molar-refractivity contribution in [2.45, 2.75) is 19.8 Å². The molecule has 0 fully saturated rings. The van der Waals surface area contributed by atoms with Crippen LogP contribution in [-0.2, 0) is 4.74 Å². The Balaban J connectivity index is 2.19. The first-order valence-corrected chi connectivity index (χ1v) is 8.66. The maximum absolute atomic E-state index is 14.5. The van der Waals surface area contributed by atoms with Gasteiger partial charge in [-0.3, -0.25) is 4.90 Å². The van der Waals surface area contributed by atoms with E-state index in [1.165, 1.54) is 13.2 Å². The number of aromatic amines is 1. The number of H-pyrrole nitrogens is 1. The number of rotatable bonds is 4. The van der Waals surface area contributed by atoms with E-state index in [9.17, 15) is 13.6 Å². The first-order valence-electron chi connectivity index (χ1n) is 7.90. The lowest BCUT2D eigenvalue weighted by Crippen LogP contribution is -2.27. The SMILES string of the molecule is CCCCOC(=O)N(C)c1cc(F)c(F)c2c1[nH]c1ncc(Cl)c(Cl)c12. The Kier molecular flexibility index (Phi) is 5.20. The zero-order valence-corrected chi connectivity index (χ0v) is 15.5. The van der Waals surface area contributed by atoms with E-state index in [-0.39, 0.29) is 44.3 Å². The van der Waals surface area contributed by atoms with Gasteiger partial charge in [0.2, 0.25) is 0 Å². The van der Waals surface area contributed by atoms with Crippen LogP contribution in [0.1, 0.15) is 19.8 Å². The number of ether oxygens (including phenoxy) is 1. The van der Waals surface area contributed by atoms with Crippen LogP contribution in [0.5, 0.6) is 0 Å². The molecule has 0 aliphatic heterocycles. The smallest absolute Gasteiger partial charge is 0.414 e. The molecule has 5 nitrogen and oxygen atoms in total. The van der Waals surface area contributed by atoms with Crippen LogP contribution in [-0.4, -0.2) is 29.7 Å². The fraction of sp³-hybridized carbons (Fsp3) is 0.294. The molecule has 0 spiro atoms. The highest BCUT2D eigenvalue weighted by atomic mass is 35.5. The second kappa shape index (κ2) is 7.25. The zero-order chi connectivity index (χ0) is 19.0. The molecular weight excluding hydrogens is 387 g/mol. The fourth-order valence-electron chi connectivity index (χ4n) is 2.64. The van der Waals surface area contributed by atoms with Crippen LogP contribution in [0.2, 0.25) is 10.0 Å². The van der Waals surface area contributed by atoms with Crippen molar-refractivity contribution in [3.05, 3.63) is 33.9 Å². The molecule has 1 N–H and O–H groups in total. The summed E-state index contributed by atoms with van der Waals surface area (Å²) < 4.78 is 33.8. The summed E-state index contributed by atoms with van der Waals surface area (Å²) in [5.74, 6) is -2.23. The summed E-state index contributed by atoms with van der Waals surface area (Å²) >= 11 is 12.1. The number of benzene rings is 1. The van der Waals surface area contributed by atoms with E-state index in [1.54, 1.807) is 0 Å². The quantitative estimate of drug-likeness (QED) is 0.572. The number of unbranched alkanes of at least 4 members (excludes halogenated alkanes) is 1. The van der Waals surface area contributed by atoms with Crippen LogP contribution < -0.4 is 4.90 Å². The number of hydrogen-bond donors (Lipinski definition) is 1. The molecule has 3 rings (SSSR count). The van der Waals surface area contributed by atoms with Gasteiger partial charge in [0.1, 0.15) is 5.65 Å². The molecule has 0 atom stereocenters. The molecule has 0 aliphatic carbocycles. The number of pyridine rings is 1. The van der Waals surface area contributed by atoms with Crippen molar-refractivity contribution < 1.29 is 18.3 Å². The summed E-state index contributed by atoms with van der Waals surface area (Å²) in [7, 11) is 1.41. The van der Waals surface area contributed by atoms with Crippen molar-refractivity contribution in [3.63, 3.8) is 0 Å². The summed E-state index contributed by atoms with van der Waals surface area (Å²) in [5, 5.41) is 0.188. The molecule has 2 aromatic heterocycles. The van der Waals surface area contributed by atoms with E-state index in [0.29, 0.717) is 6.42 Å². The van der Waals surface area contributed by atoms with Crippen molar-refractivity contribution in [2.24, 2.45) is 0 Å². The minimum atomic E-state index is -1.13. The Labute approximate surface area is 157 Å². The Morgan fingerprint density at radius 1 is 1.35 bits per heavy atom. The Morgan fingerprint density at radius 3 is 2.77 bits per heavy atom. The Bertz CT molecular complexity index is 1010. The molecule has 0 saturated carbocycles. The van der Waals surface area contributed by atoms with Gasteiger partial charge in [-0.05, 0) is 6.42 Å². The van der Waals surface area contributed by atoms with Gasteiger partial charge in [-0.2, -0.15) is 0 Å². The standard InChI is InChI=1S/C17H15Cl2F2N3O2/c1-3-4-5-26-17(25)24(2)10-6-9(20)14(21)12-11-13(19)8(18)7-22-16(11)23-15(10)12/h6-7H,3-5H2,1-2H3,(H,22,23). The van der Waals surface area contributed by atoms with Gasteiger partial charge >= 0.3 is 6.09 Å². The third kappa shape index (κ3) is 3.05. The highest BCUT2D eigenvalue weighted by molar-refractivity contribution is 6.46. The average Bonchev–Trinajstić information content (AvgIpc) is 3.01. The highest BCUT2D eigenvalue weighted by Crippen LogP contribution is 2.40. The van der Waals surface area contributed by atoms with Gasteiger partial charge in [0.05, 0.1) is 33.2 Å². The van der Waals surface area contributed by atoms with Gasteiger partial charge in [-0.1, -0.05) is 36.5 Å². The van der Waals surface area contributed by atoms with E-state index in [1.807, 2.05) is 6.92 Å². The number of fused-ring (bicyclic) bond motifs is 3. The van der Waals surface area contributed by atoms with Gasteiger partial charge in [0.25, 0.3) is 0 Å². The van der Waals surface area contributed by atoms with Crippen molar-refractivity contribution in [1.29, 1.82) is 0 Å². The zero-order valence-electron chi connectivity index (χ0n) is 14.0. The topological polar surface area (TPSA) is 58.2 Å². The molecule has 0 radical (unpaired) electrons. The van der Waals surface area contributed by atoms with E-state index >= 15 is 0 Å². The van der Waals surface area contributed by atoms with Crippen LogP contribution in [0.15, 0.2) is 12.3 Å². The number of aromatic nitrogens is 2. The van der Waals surface area contributed by atoms with Crippen molar-refractivity contribution >= 4 is 56.9 Å². The largest absolute Gasteiger partial charge is 0.449 e. The first kappa shape index (κ1) is 18.7. The normalized spacial score (nSPS) is 11.3. The molecular formula is C17H15Cl2F2N3O2. The monoisotopic (exact) mass is 401 g/mol. The van der Waals surface area contributed by atoms with Crippen LogP contribution in [0, 0.1) is 11.6 Å². The number of nitrogens with zero attached hydrogens (tertiary/aromatic N) is 2. The second-order valence-corrected chi connectivity index (χ2v) is 6.52. The molecule has 1 amide bonds. The van der Waals surface area contributed by atoms with Crippen LogP contribution in [0.4, 0.5) is 19.3 Å². The van der Waals surface area contributed by atoms with E-state index in [4.69, 9.17) is 27.9 Å². The number of amides is 1. The molecule has 138 valence electrons. The minimum absolute atomic E-state index is 0.0477. The number of anilines is 1. The summed E-state index contributed by atoms with van der Waals surface area (Å²) in [6.07, 6.45) is 2.19. The number of hydrogen-bond acceptors (Lipinski definition) is 3. The number of halogens is 4. The molecule has 2 heterocycles. The van der Waals surface area contributed by atoms with Gasteiger partial charge in [-0.25, -0.2) is 18.6 Å². The molecule has 0 saturated heterocycles. The lowest BCUT2D eigenvalue weighted by molar-refractivity contribution is 0.153. The molecule has 9 heteroatoms. The van der Waals surface area contributed by atoms with Crippen LogP contribution >= 0.6 is 23.2 Å². The summed E-state index contributed by atoms with van der Waals surface area (Å²) in [5.41, 5.74) is 0.504. The summed E-state index contributed by atoms with van der Waals surface area (Å²) in [4.78, 5) is 20.2. The predicted octanol–water partition coefficient (Wildman–Crippen LogP) is 5.67. The third-order valence-corrected chi connectivity index (χ3v) is 4.80. The van der Waals surface area contributed by atoms with Gasteiger partial charge in [0.15, 0.2) is 11.6 Å². The third-order valence-electron chi connectivity index (χ3n) is 4.02. The Morgan fingerprint density at radius 2 is 2.08 bits per heavy atom. The van der Waals surface area contributed by atoms with E-state index < -0.39 is 17.7 Å². The molecule has 26 heavy (non-hydrogen) atoms. The average molecular weight is 402 g/mol. The molecule has 3 aromatic rings. The Hall–Kier alpha value is -2.12. The van der Waals surface area contributed by atoms with Gasteiger partial charge in [0, 0.05) is 24.7 Å². The highest BCUT2D eigenvalue weighted by Gasteiger charge is 2.24. The number of carbonyl (C=O) groups excluding carboxylic acids is 1. The molecule has 1 aromatic carbocycles. The maximum atomic E-state index is 14.5. The number of nitrogens with one attached hydrogen (secondary N) is 1. The van der Waals surface area contributed by atoms with Crippen LogP contribution in [0.3, 0.4) is 0 Å². The second-order valence-electron chi connectivity index (χ2n) is 5.74. The summed E-state index contributed by atoms with van der Waals surface area (Å²) in [6, 6.07) is 0.920. The maximum Gasteiger partial charge on any atom is 0.414 e. The van der Waals surface area contributed by atoms with E-state index in [0.717, 1.165) is 17.4 Å². The van der Waals surface area contributed by atoms with Gasteiger partial charge < -0.3 is 9.72 Å².